The fraction of sp³-hybridized carbons (Fsp3) is 0.556. The van der Waals surface area contributed by atoms with Gasteiger partial charge in [-0.2, -0.15) is 11.3 Å². The third-order valence-corrected chi connectivity index (χ3v) is 6.44. The predicted octanol–water partition coefficient (Wildman–Crippen LogP) is 1.23. The summed E-state index contributed by atoms with van der Waals surface area (Å²) in [5, 5.41) is 18.6. The van der Waals surface area contributed by atoms with Crippen molar-refractivity contribution in [3.63, 3.8) is 0 Å². The second-order valence-electron chi connectivity index (χ2n) is 7.04. The molecule has 3 rings (SSSR count). The van der Waals surface area contributed by atoms with E-state index in [0.717, 1.165) is 30.3 Å². The van der Waals surface area contributed by atoms with Crippen molar-refractivity contribution in [2.45, 2.75) is 24.0 Å². The molecule has 0 radical (unpaired) electrons. The Kier molecular flexibility index (Phi) is 7.46. The van der Waals surface area contributed by atoms with Crippen LogP contribution in [0.4, 0.5) is 0 Å². The van der Waals surface area contributed by atoms with Gasteiger partial charge >= 0.3 is 0 Å². The predicted molar refractivity (Wildman–Crippen MR) is 111 cm³/mol. The van der Waals surface area contributed by atoms with Gasteiger partial charge in [0, 0.05) is 49.4 Å². The first-order valence-electron chi connectivity index (χ1n) is 9.29. The monoisotopic (exact) mass is 422 g/mol. The molecule has 8 nitrogen and oxygen atoms in total. The van der Waals surface area contributed by atoms with Crippen LogP contribution in [-0.4, -0.2) is 70.0 Å². The van der Waals surface area contributed by atoms with Gasteiger partial charge in [0.05, 0.1) is 5.92 Å². The van der Waals surface area contributed by atoms with Gasteiger partial charge in [0.25, 0.3) is 5.91 Å². The van der Waals surface area contributed by atoms with Crippen LogP contribution in [0, 0.1) is 5.92 Å². The smallest absolute Gasteiger partial charge is 0.252 e. The molecule has 1 fully saturated rings. The summed E-state index contributed by atoms with van der Waals surface area (Å²) in [6, 6.07) is 1.89. The highest BCUT2D eigenvalue weighted by Gasteiger charge is 2.27. The van der Waals surface area contributed by atoms with E-state index >= 15 is 0 Å². The SMILES string of the molecule is CN1C[C@@H](NC(=O)c2ccsc2)CC[C@@H](C(=O)NCCSc2nncn2C)C1. The number of rotatable bonds is 7. The Hall–Kier alpha value is -1.91. The molecule has 1 saturated heterocycles. The van der Waals surface area contributed by atoms with E-state index in [1.54, 1.807) is 18.1 Å². The number of aryl methyl sites for hydroxylation is 1. The number of thiophene rings is 1. The van der Waals surface area contributed by atoms with Gasteiger partial charge in [0.1, 0.15) is 6.33 Å². The van der Waals surface area contributed by atoms with Crippen molar-refractivity contribution in [3.8, 4) is 0 Å². The molecule has 0 aromatic carbocycles. The number of nitrogens with one attached hydrogen (secondary N) is 2. The molecule has 2 atom stereocenters. The molecule has 2 aromatic heterocycles. The van der Waals surface area contributed by atoms with Crippen LogP contribution in [0.15, 0.2) is 28.3 Å². The normalized spacial score (nSPS) is 20.5. The van der Waals surface area contributed by atoms with Gasteiger partial charge < -0.3 is 20.1 Å². The summed E-state index contributed by atoms with van der Waals surface area (Å²) in [4.78, 5) is 27.0. The second kappa shape index (κ2) is 10.0. The van der Waals surface area contributed by atoms with Crippen molar-refractivity contribution >= 4 is 34.9 Å². The lowest BCUT2D eigenvalue weighted by molar-refractivity contribution is -0.125. The highest BCUT2D eigenvalue weighted by atomic mass is 32.2. The number of aromatic nitrogens is 3. The topological polar surface area (TPSA) is 92.2 Å². The minimum Gasteiger partial charge on any atom is -0.355 e. The van der Waals surface area contributed by atoms with Gasteiger partial charge in [0.2, 0.25) is 5.91 Å². The van der Waals surface area contributed by atoms with E-state index in [-0.39, 0.29) is 23.8 Å². The zero-order valence-corrected chi connectivity index (χ0v) is 17.8. The molecule has 28 heavy (non-hydrogen) atoms. The molecule has 2 N–H and O–H groups in total. The van der Waals surface area contributed by atoms with Gasteiger partial charge in [-0.1, -0.05) is 11.8 Å². The average Bonchev–Trinajstić information content (AvgIpc) is 3.30. The summed E-state index contributed by atoms with van der Waals surface area (Å²) in [5.74, 6) is 0.728. The molecule has 1 aliphatic heterocycles. The van der Waals surface area contributed by atoms with E-state index in [1.165, 1.54) is 11.3 Å². The van der Waals surface area contributed by atoms with Gasteiger partial charge in [-0.3, -0.25) is 9.59 Å². The number of thioether (sulfide) groups is 1. The quantitative estimate of drug-likeness (QED) is 0.515. The van der Waals surface area contributed by atoms with Crippen LogP contribution in [0.1, 0.15) is 23.2 Å². The first kappa shape index (κ1) is 20.8. The Balaban J connectivity index is 1.42. The molecule has 152 valence electrons. The maximum Gasteiger partial charge on any atom is 0.252 e. The molecule has 2 amide bonds. The summed E-state index contributed by atoms with van der Waals surface area (Å²) in [6.07, 6.45) is 3.23. The standard InChI is InChI=1S/C18H26N6O2S2/c1-23-9-13(16(25)19-6-8-28-18-22-20-12-24(18)2)3-4-15(10-23)21-17(26)14-5-7-27-11-14/h5,7,11-13,15H,3-4,6,8-10H2,1-2H3,(H,19,25)(H,21,26)/t13-,15+/m1/s1. The van der Waals surface area contributed by atoms with E-state index < -0.39 is 0 Å². The largest absolute Gasteiger partial charge is 0.355 e. The number of carbonyl (C=O) groups excluding carboxylic acids is 2. The summed E-state index contributed by atoms with van der Waals surface area (Å²) < 4.78 is 1.86. The molecule has 0 aliphatic carbocycles. The number of hydrogen-bond acceptors (Lipinski definition) is 7. The zero-order valence-electron chi connectivity index (χ0n) is 16.1. The first-order valence-corrected chi connectivity index (χ1v) is 11.2. The van der Waals surface area contributed by atoms with Crippen LogP contribution in [0.3, 0.4) is 0 Å². The van der Waals surface area contributed by atoms with Crippen molar-refractivity contribution in [2.75, 3.05) is 32.4 Å². The first-order chi connectivity index (χ1) is 13.5. The molecular weight excluding hydrogens is 396 g/mol. The van der Waals surface area contributed by atoms with Crippen molar-refractivity contribution in [2.24, 2.45) is 13.0 Å². The Bertz CT molecular complexity index is 779. The summed E-state index contributed by atoms with van der Waals surface area (Å²) in [7, 11) is 3.90. The Morgan fingerprint density at radius 1 is 1.32 bits per heavy atom. The van der Waals surface area contributed by atoms with Crippen molar-refractivity contribution < 1.29 is 9.59 Å². The third kappa shape index (κ3) is 5.79. The zero-order chi connectivity index (χ0) is 19.9. The molecular formula is C18H26N6O2S2. The fourth-order valence-corrected chi connectivity index (χ4v) is 4.65. The molecule has 1 aliphatic rings. The van der Waals surface area contributed by atoms with E-state index in [1.807, 2.05) is 35.5 Å². The van der Waals surface area contributed by atoms with Crippen molar-refractivity contribution in [3.05, 3.63) is 28.7 Å². The molecule has 0 spiro atoms. The number of nitrogens with zero attached hydrogens (tertiary/aromatic N) is 4. The van der Waals surface area contributed by atoms with Crippen molar-refractivity contribution in [1.29, 1.82) is 0 Å². The lowest BCUT2D eigenvalue weighted by Crippen LogP contribution is -2.42. The number of hydrogen-bond donors (Lipinski definition) is 2. The van der Waals surface area contributed by atoms with Crippen LogP contribution in [0.2, 0.25) is 0 Å². The van der Waals surface area contributed by atoms with E-state index in [9.17, 15) is 9.59 Å². The summed E-state index contributed by atoms with van der Waals surface area (Å²) >= 11 is 3.08. The van der Waals surface area contributed by atoms with Crippen molar-refractivity contribution in [1.82, 2.24) is 30.3 Å². The number of carbonyl (C=O) groups is 2. The number of amides is 2. The van der Waals surface area contributed by atoms with Crippen LogP contribution in [0.5, 0.6) is 0 Å². The number of likely N-dealkylation sites (N-methyl/N-ethyl adjacent to an activating group) is 1. The molecule has 0 saturated carbocycles. The van der Waals surface area contributed by atoms with E-state index in [4.69, 9.17) is 0 Å². The molecule has 0 unspecified atom stereocenters. The molecule has 10 heteroatoms. The lowest BCUT2D eigenvalue weighted by atomic mass is 10.0. The molecule has 0 bridgehead atoms. The van der Waals surface area contributed by atoms with Crippen LogP contribution >= 0.6 is 23.1 Å². The van der Waals surface area contributed by atoms with E-state index in [0.29, 0.717) is 18.7 Å². The minimum absolute atomic E-state index is 0.0386. The highest BCUT2D eigenvalue weighted by Crippen LogP contribution is 2.18. The maximum absolute atomic E-state index is 12.6. The average molecular weight is 423 g/mol. The second-order valence-corrected chi connectivity index (χ2v) is 8.88. The van der Waals surface area contributed by atoms with E-state index in [2.05, 4.69) is 25.7 Å². The minimum atomic E-state index is -0.0622. The molecule has 2 aromatic rings. The Morgan fingerprint density at radius 2 is 2.18 bits per heavy atom. The Morgan fingerprint density at radius 3 is 2.89 bits per heavy atom. The number of likely N-dealkylation sites (tertiary alicyclic amines) is 1. The summed E-state index contributed by atoms with van der Waals surface area (Å²) in [5.41, 5.74) is 0.701. The highest BCUT2D eigenvalue weighted by molar-refractivity contribution is 7.99. The van der Waals surface area contributed by atoms with Crippen LogP contribution in [-0.2, 0) is 11.8 Å². The third-order valence-electron chi connectivity index (χ3n) is 4.72. The van der Waals surface area contributed by atoms with Gasteiger partial charge in [-0.05, 0) is 31.3 Å². The van der Waals surface area contributed by atoms with Crippen LogP contribution in [0.25, 0.3) is 0 Å². The fourth-order valence-electron chi connectivity index (χ4n) is 3.27. The maximum atomic E-state index is 12.6. The van der Waals surface area contributed by atoms with Gasteiger partial charge in [-0.15, -0.1) is 10.2 Å². The van der Waals surface area contributed by atoms with Gasteiger partial charge in [0.15, 0.2) is 5.16 Å². The Labute approximate surface area is 173 Å². The molecule has 3 heterocycles. The lowest BCUT2D eigenvalue weighted by Gasteiger charge is -2.21. The summed E-state index contributed by atoms with van der Waals surface area (Å²) in [6.45, 7) is 2.05. The van der Waals surface area contributed by atoms with Gasteiger partial charge in [-0.25, -0.2) is 0 Å². The van der Waals surface area contributed by atoms with Crippen LogP contribution < -0.4 is 10.6 Å².